The number of rotatable bonds is 5. The first-order valence-corrected chi connectivity index (χ1v) is 5.00. The van der Waals surface area contributed by atoms with E-state index in [2.05, 4.69) is 0 Å². The Bertz CT molecular complexity index is 400. The lowest BCUT2D eigenvalue weighted by Crippen LogP contribution is -2.10. The van der Waals surface area contributed by atoms with Crippen LogP contribution in [0.5, 0.6) is 11.5 Å². The summed E-state index contributed by atoms with van der Waals surface area (Å²) in [6.07, 6.45) is 0. The minimum absolute atomic E-state index is 0.296. The lowest BCUT2D eigenvalue weighted by Gasteiger charge is -2.14. The highest BCUT2D eigenvalue weighted by molar-refractivity contribution is 5.95. The summed E-state index contributed by atoms with van der Waals surface area (Å²) in [6, 6.07) is 3.47. The van der Waals surface area contributed by atoms with E-state index in [4.69, 9.17) is 18.9 Å². The third-order valence-corrected chi connectivity index (χ3v) is 2.32. The van der Waals surface area contributed by atoms with Crippen LogP contribution in [0.2, 0.25) is 0 Å². The molecule has 0 heterocycles. The molecule has 0 fully saturated rings. The van der Waals surface area contributed by atoms with Gasteiger partial charge in [0.2, 0.25) is 0 Å². The summed E-state index contributed by atoms with van der Waals surface area (Å²) in [5.74, 6) is 0.356. The van der Waals surface area contributed by atoms with E-state index in [1.54, 1.807) is 19.2 Å². The summed E-state index contributed by atoms with van der Waals surface area (Å²) < 4.78 is 20.1. The van der Waals surface area contributed by atoms with Gasteiger partial charge in [-0.05, 0) is 11.6 Å². The molecule has 0 spiro atoms. The van der Waals surface area contributed by atoms with Crippen molar-refractivity contribution in [1.29, 1.82) is 0 Å². The number of methoxy groups -OCH3 is 4. The van der Waals surface area contributed by atoms with Crippen LogP contribution in [0.15, 0.2) is 12.1 Å². The van der Waals surface area contributed by atoms with E-state index >= 15 is 0 Å². The molecular weight excluding hydrogens is 224 g/mol. The highest BCUT2D eigenvalue weighted by Crippen LogP contribution is 2.34. The Morgan fingerprint density at radius 2 is 1.82 bits per heavy atom. The highest BCUT2D eigenvalue weighted by atomic mass is 16.5. The van der Waals surface area contributed by atoms with Gasteiger partial charge >= 0.3 is 5.97 Å². The summed E-state index contributed by atoms with van der Waals surface area (Å²) in [5.41, 5.74) is 1.02. The maximum Gasteiger partial charge on any atom is 0.342 e. The molecule has 1 rings (SSSR count). The van der Waals surface area contributed by atoms with Crippen LogP contribution in [0.25, 0.3) is 0 Å². The van der Waals surface area contributed by atoms with Crippen molar-refractivity contribution in [3.8, 4) is 11.5 Å². The van der Waals surface area contributed by atoms with Gasteiger partial charge in [-0.3, -0.25) is 0 Å². The molecule has 0 radical (unpaired) electrons. The second kappa shape index (κ2) is 6.10. The zero-order valence-corrected chi connectivity index (χ0v) is 10.4. The molecule has 1 aromatic carbocycles. The van der Waals surface area contributed by atoms with Gasteiger partial charge in [-0.15, -0.1) is 0 Å². The van der Waals surface area contributed by atoms with Crippen molar-refractivity contribution >= 4 is 5.97 Å². The predicted octanol–water partition coefficient (Wildman–Crippen LogP) is 1.64. The van der Waals surface area contributed by atoms with Crippen molar-refractivity contribution in [1.82, 2.24) is 0 Å². The van der Waals surface area contributed by atoms with E-state index < -0.39 is 5.97 Å². The zero-order valence-electron chi connectivity index (χ0n) is 10.4. The maximum atomic E-state index is 11.7. The smallest absolute Gasteiger partial charge is 0.342 e. The summed E-state index contributed by atoms with van der Waals surface area (Å²) in [6.45, 7) is 0.296. The van der Waals surface area contributed by atoms with E-state index in [1.807, 2.05) is 0 Å². The van der Waals surface area contributed by atoms with Gasteiger partial charge in [0.1, 0.15) is 5.56 Å². The van der Waals surface area contributed by atoms with Crippen LogP contribution in [0, 0.1) is 0 Å². The van der Waals surface area contributed by atoms with Crippen LogP contribution in [0.1, 0.15) is 15.9 Å². The van der Waals surface area contributed by atoms with Gasteiger partial charge in [-0.1, -0.05) is 6.07 Å². The van der Waals surface area contributed by atoms with Crippen LogP contribution < -0.4 is 9.47 Å². The number of esters is 1. The van der Waals surface area contributed by atoms with Crippen LogP contribution in [0.3, 0.4) is 0 Å². The summed E-state index contributed by atoms with van der Waals surface area (Å²) in [4.78, 5) is 11.7. The summed E-state index contributed by atoms with van der Waals surface area (Å²) in [7, 11) is 5.85. The first kappa shape index (κ1) is 13.3. The molecule has 94 valence electrons. The molecule has 0 bridgehead atoms. The minimum Gasteiger partial charge on any atom is -0.493 e. The predicted molar refractivity (Wildman–Crippen MR) is 61.6 cm³/mol. The molecule has 0 aliphatic carbocycles. The average Bonchev–Trinajstić information content (AvgIpc) is 2.37. The Hall–Kier alpha value is -1.75. The van der Waals surface area contributed by atoms with Crippen LogP contribution in [-0.2, 0) is 16.1 Å². The largest absolute Gasteiger partial charge is 0.493 e. The number of ether oxygens (including phenoxy) is 4. The molecule has 17 heavy (non-hydrogen) atoms. The van der Waals surface area contributed by atoms with Gasteiger partial charge in [-0.2, -0.15) is 0 Å². The molecule has 0 saturated heterocycles. The quantitative estimate of drug-likeness (QED) is 0.732. The third kappa shape index (κ3) is 2.68. The number of hydrogen-bond donors (Lipinski definition) is 0. The Kier molecular flexibility index (Phi) is 4.78. The van der Waals surface area contributed by atoms with Crippen LogP contribution in [0.4, 0.5) is 0 Å². The van der Waals surface area contributed by atoms with Crippen molar-refractivity contribution in [2.45, 2.75) is 6.61 Å². The van der Waals surface area contributed by atoms with Crippen molar-refractivity contribution < 1.29 is 23.7 Å². The molecule has 0 amide bonds. The monoisotopic (exact) mass is 240 g/mol. The Balaban J connectivity index is 3.38. The second-order valence-electron chi connectivity index (χ2n) is 3.26. The van der Waals surface area contributed by atoms with Crippen LogP contribution in [-0.4, -0.2) is 34.4 Å². The van der Waals surface area contributed by atoms with E-state index in [0.717, 1.165) is 0 Å². The standard InChI is InChI=1S/C12H16O5/c1-14-7-8-5-6-9(15-2)11(16-3)10(8)12(13)17-4/h5-6H,7H2,1-4H3. The first-order valence-electron chi connectivity index (χ1n) is 5.00. The highest BCUT2D eigenvalue weighted by Gasteiger charge is 2.21. The van der Waals surface area contributed by atoms with Crippen molar-refractivity contribution in [3.63, 3.8) is 0 Å². The zero-order chi connectivity index (χ0) is 12.8. The number of carbonyl (C=O) groups is 1. The second-order valence-corrected chi connectivity index (χ2v) is 3.26. The Morgan fingerprint density at radius 1 is 1.12 bits per heavy atom. The van der Waals surface area contributed by atoms with E-state index in [9.17, 15) is 4.79 Å². The van der Waals surface area contributed by atoms with Gasteiger partial charge in [-0.25, -0.2) is 4.79 Å². The molecule has 0 aromatic heterocycles. The fourth-order valence-corrected chi connectivity index (χ4v) is 1.57. The van der Waals surface area contributed by atoms with Gasteiger partial charge < -0.3 is 18.9 Å². The molecule has 0 unspecified atom stereocenters. The molecule has 1 aromatic rings. The molecule has 5 heteroatoms. The lowest BCUT2D eigenvalue weighted by atomic mass is 10.1. The van der Waals surface area contributed by atoms with E-state index in [0.29, 0.717) is 29.2 Å². The summed E-state index contributed by atoms with van der Waals surface area (Å²) in [5, 5.41) is 0. The topological polar surface area (TPSA) is 54.0 Å². The Labute approximate surface area is 100 Å². The van der Waals surface area contributed by atoms with Crippen LogP contribution >= 0.6 is 0 Å². The van der Waals surface area contributed by atoms with Crippen molar-refractivity contribution in [2.75, 3.05) is 28.4 Å². The maximum absolute atomic E-state index is 11.7. The van der Waals surface area contributed by atoms with Gasteiger partial charge in [0, 0.05) is 7.11 Å². The lowest BCUT2D eigenvalue weighted by molar-refractivity contribution is 0.0591. The number of benzene rings is 1. The summed E-state index contributed by atoms with van der Waals surface area (Å²) >= 11 is 0. The fourth-order valence-electron chi connectivity index (χ4n) is 1.57. The molecule has 0 saturated carbocycles. The third-order valence-electron chi connectivity index (χ3n) is 2.32. The van der Waals surface area contributed by atoms with E-state index in [1.165, 1.54) is 21.3 Å². The molecule has 5 nitrogen and oxygen atoms in total. The number of carbonyl (C=O) groups excluding carboxylic acids is 1. The number of hydrogen-bond acceptors (Lipinski definition) is 5. The Morgan fingerprint density at radius 3 is 2.29 bits per heavy atom. The van der Waals surface area contributed by atoms with Gasteiger partial charge in [0.05, 0.1) is 27.9 Å². The average molecular weight is 240 g/mol. The van der Waals surface area contributed by atoms with Gasteiger partial charge in [0.15, 0.2) is 11.5 Å². The normalized spacial score (nSPS) is 9.88. The molecule has 0 aliphatic rings. The van der Waals surface area contributed by atoms with Gasteiger partial charge in [0.25, 0.3) is 0 Å². The SMILES string of the molecule is COCc1ccc(OC)c(OC)c1C(=O)OC. The molecular formula is C12H16O5. The first-order chi connectivity index (χ1) is 8.19. The van der Waals surface area contributed by atoms with Crippen molar-refractivity contribution in [2.24, 2.45) is 0 Å². The van der Waals surface area contributed by atoms with E-state index in [-0.39, 0.29) is 0 Å². The minimum atomic E-state index is -0.479. The molecule has 0 N–H and O–H groups in total. The van der Waals surface area contributed by atoms with Crippen molar-refractivity contribution in [3.05, 3.63) is 23.3 Å². The fraction of sp³-hybridized carbons (Fsp3) is 0.417. The molecule has 0 aliphatic heterocycles. The molecule has 0 atom stereocenters.